The second-order valence-corrected chi connectivity index (χ2v) is 6.75. The summed E-state index contributed by atoms with van der Waals surface area (Å²) in [4.78, 5) is 28.5. The van der Waals surface area contributed by atoms with Crippen molar-refractivity contribution < 1.29 is 19.1 Å². The third-order valence-electron chi connectivity index (χ3n) is 4.49. The van der Waals surface area contributed by atoms with Gasteiger partial charge in [0.25, 0.3) is 0 Å². The summed E-state index contributed by atoms with van der Waals surface area (Å²) < 4.78 is 10.6. The van der Waals surface area contributed by atoms with E-state index in [-0.39, 0.29) is 24.4 Å². The molecule has 0 aliphatic heterocycles. The normalized spacial score (nSPS) is 10.5. The minimum atomic E-state index is -0.219. The van der Waals surface area contributed by atoms with Gasteiger partial charge >= 0.3 is 0 Å². The van der Waals surface area contributed by atoms with Crippen LogP contribution in [-0.2, 0) is 16.1 Å². The number of benzene rings is 2. The Morgan fingerprint density at radius 3 is 2.14 bits per heavy atom. The Balaban J connectivity index is 2.24. The molecule has 0 unspecified atom stereocenters. The Morgan fingerprint density at radius 1 is 0.964 bits per heavy atom. The molecule has 0 spiro atoms. The van der Waals surface area contributed by atoms with E-state index < -0.39 is 0 Å². The summed E-state index contributed by atoms with van der Waals surface area (Å²) in [7, 11) is 3.08. The summed E-state index contributed by atoms with van der Waals surface area (Å²) in [5.74, 6) is 0.727. The van der Waals surface area contributed by atoms with Gasteiger partial charge in [0.05, 0.1) is 14.2 Å². The van der Waals surface area contributed by atoms with E-state index in [4.69, 9.17) is 9.47 Å². The van der Waals surface area contributed by atoms with Gasteiger partial charge in [-0.2, -0.15) is 0 Å². The largest absolute Gasteiger partial charge is 0.493 e. The highest BCUT2D eigenvalue weighted by molar-refractivity contribution is 5.97. The molecule has 28 heavy (non-hydrogen) atoms. The molecular formula is C22H28N2O4. The standard InChI is InChI=1S/C22H28N2O4/c1-16(2)23(14-18-9-7-6-8-10-18)22(26)15-24(17(3)25)19-11-12-20(27-4)21(13-19)28-5/h6-13,16H,14-15H2,1-5H3. The smallest absolute Gasteiger partial charge is 0.243 e. The van der Waals surface area contributed by atoms with Crippen LogP contribution in [0.5, 0.6) is 11.5 Å². The number of carbonyl (C=O) groups is 2. The molecule has 2 amide bonds. The van der Waals surface area contributed by atoms with E-state index in [1.165, 1.54) is 18.9 Å². The van der Waals surface area contributed by atoms with Crippen LogP contribution >= 0.6 is 0 Å². The van der Waals surface area contributed by atoms with Gasteiger partial charge in [0.15, 0.2) is 11.5 Å². The van der Waals surface area contributed by atoms with E-state index in [0.717, 1.165) is 5.56 Å². The quantitative estimate of drug-likeness (QED) is 0.699. The van der Waals surface area contributed by atoms with Crippen molar-refractivity contribution in [3.8, 4) is 11.5 Å². The Labute approximate surface area is 166 Å². The van der Waals surface area contributed by atoms with Crippen LogP contribution in [0.2, 0.25) is 0 Å². The highest BCUT2D eigenvalue weighted by atomic mass is 16.5. The number of amides is 2. The first-order valence-electron chi connectivity index (χ1n) is 9.20. The molecule has 0 N–H and O–H groups in total. The Hall–Kier alpha value is -3.02. The number of hydrogen-bond donors (Lipinski definition) is 0. The Morgan fingerprint density at radius 2 is 1.61 bits per heavy atom. The first kappa shape index (κ1) is 21.3. The first-order chi connectivity index (χ1) is 13.4. The minimum absolute atomic E-state index is 0.00641. The average molecular weight is 384 g/mol. The summed E-state index contributed by atoms with van der Waals surface area (Å²) >= 11 is 0. The van der Waals surface area contributed by atoms with Crippen LogP contribution in [0.25, 0.3) is 0 Å². The van der Waals surface area contributed by atoms with E-state index in [2.05, 4.69) is 0 Å². The van der Waals surface area contributed by atoms with Gasteiger partial charge in [-0.15, -0.1) is 0 Å². The van der Waals surface area contributed by atoms with Crippen LogP contribution in [0.4, 0.5) is 5.69 Å². The van der Waals surface area contributed by atoms with Crippen LogP contribution in [0.3, 0.4) is 0 Å². The van der Waals surface area contributed by atoms with Crippen LogP contribution in [0, 0.1) is 0 Å². The molecule has 0 heterocycles. The van der Waals surface area contributed by atoms with Crippen molar-refractivity contribution in [2.45, 2.75) is 33.4 Å². The average Bonchev–Trinajstić information content (AvgIpc) is 2.69. The second-order valence-electron chi connectivity index (χ2n) is 6.75. The van der Waals surface area contributed by atoms with E-state index in [9.17, 15) is 9.59 Å². The van der Waals surface area contributed by atoms with Crippen molar-refractivity contribution in [2.75, 3.05) is 25.7 Å². The highest BCUT2D eigenvalue weighted by Crippen LogP contribution is 2.31. The highest BCUT2D eigenvalue weighted by Gasteiger charge is 2.23. The van der Waals surface area contributed by atoms with Gasteiger partial charge in [-0.25, -0.2) is 0 Å². The lowest BCUT2D eigenvalue weighted by atomic mass is 10.2. The predicted molar refractivity (Wildman–Crippen MR) is 110 cm³/mol. The van der Waals surface area contributed by atoms with Crippen molar-refractivity contribution in [1.29, 1.82) is 0 Å². The van der Waals surface area contributed by atoms with E-state index >= 15 is 0 Å². The third-order valence-corrected chi connectivity index (χ3v) is 4.49. The number of rotatable bonds is 8. The molecule has 0 radical (unpaired) electrons. The topological polar surface area (TPSA) is 59.1 Å². The number of hydrogen-bond acceptors (Lipinski definition) is 4. The van der Waals surface area contributed by atoms with Crippen LogP contribution in [-0.4, -0.2) is 43.5 Å². The summed E-state index contributed by atoms with van der Waals surface area (Å²) in [5, 5.41) is 0. The zero-order chi connectivity index (χ0) is 20.7. The monoisotopic (exact) mass is 384 g/mol. The maximum atomic E-state index is 13.0. The van der Waals surface area contributed by atoms with Crippen molar-refractivity contribution in [3.05, 3.63) is 54.1 Å². The van der Waals surface area contributed by atoms with E-state index in [1.807, 2.05) is 44.2 Å². The van der Waals surface area contributed by atoms with Crippen molar-refractivity contribution in [3.63, 3.8) is 0 Å². The van der Waals surface area contributed by atoms with E-state index in [1.54, 1.807) is 30.2 Å². The molecular weight excluding hydrogens is 356 g/mol. The van der Waals surface area contributed by atoms with Gasteiger partial charge in [0.1, 0.15) is 6.54 Å². The van der Waals surface area contributed by atoms with Crippen LogP contribution in [0.15, 0.2) is 48.5 Å². The van der Waals surface area contributed by atoms with Gasteiger partial charge in [-0.3, -0.25) is 9.59 Å². The molecule has 150 valence electrons. The Bertz CT molecular complexity index is 805. The number of methoxy groups -OCH3 is 2. The number of anilines is 1. The zero-order valence-corrected chi connectivity index (χ0v) is 17.1. The fourth-order valence-corrected chi connectivity index (χ4v) is 2.94. The predicted octanol–water partition coefficient (Wildman–Crippen LogP) is 3.49. The van der Waals surface area contributed by atoms with Crippen molar-refractivity contribution in [2.24, 2.45) is 0 Å². The lowest BCUT2D eigenvalue weighted by Gasteiger charge is -2.30. The molecule has 0 saturated carbocycles. The van der Waals surface area contributed by atoms with Gasteiger partial charge in [0.2, 0.25) is 11.8 Å². The maximum absolute atomic E-state index is 13.0. The van der Waals surface area contributed by atoms with E-state index in [0.29, 0.717) is 23.7 Å². The summed E-state index contributed by atoms with van der Waals surface area (Å²) in [5.41, 5.74) is 1.63. The SMILES string of the molecule is COc1ccc(N(CC(=O)N(Cc2ccccc2)C(C)C)C(C)=O)cc1OC. The number of carbonyl (C=O) groups excluding carboxylic acids is 2. The molecule has 2 aromatic rings. The summed E-state index contributed by atoms with van der Waals surface area (Å²) in [6.07, 6.45) is 0. The maximum Gasteiger partial charge on any atom is 0.243 e. The molecule has 0 atom stereocenters. The molecule has 0 fully saturated rings. The van der Waals surface area contributed by atoms with Crippen LogP contribution < -0.4 is 14.4 Å². The Kier molecular flexibility index (Phi) is 7.44. The van der Waals surface area contributed by atoms with Crippen LogP contribution in [0.1, 0.15) is 26.3 Å². The second kappa shape index (κ2) is 9.78. The third kappa shape index (κ3) is 5.25. The minimum Gasteiger partial charge on any atom is -0.493 e. The van der Waals surface area contributed by atoms with Gasteiger partial charge < -0.3 is 19.3 Å². The molecule has 0 bridgehead atoms. The molecule has 0 aliphatic rings. The fraction of sp³-hybridized carbons (Fsp3) is 0.364. The van der Waals surface area contributed by atoms with Crippen molar-refractivity contribution >= 4 is 17.5 Å². The fourth-order valence-electron chi connectivity index (χ4n) is 2.94. The van der Waals surface area contributed by atoms with Gasteiger partial charge in [0, 0.05) is 31.3 Å². The summed E-state index contributed by atoms with van der Waals surface area (Å²) in [6.45, 7) is 5.83. The zero-order valence-electron chi connectivity index (χ0n) is 17.1. The molecule has 6 nitrogen and oxygen atoms in total. The first-order valence-corrected chi connectivity index (χ1v) is 9.20. The van der Waals surface area contributed by atoms with Gasteiger partial charge in [-0.1, -0.05) is 30.3 Å². The number of ether oxygens (including phenoxy) is 2. The molecule has 6 heteroatoms. The van der Waals surface area contributed by atoms with Crippen molar-refractivity contribution in [1.82, 2.24) is 4.90 Å². The molecule has 2 aromatic carbocycles. The lowest BCUT2D eigenvalue weighted by molar-refractivity contribution is -0.133. The van der Waals surface area contributed by atoms with Gasteiger partial charge in [-0.05, 0) is 31.5 Å². The molecule has 2 rings (SSSR count). The molecule has 0 aliphatic carbocycles. The summed E-state index contributed by atoms with van der Waals surface area (Å²) in [6, 6.07) is 15.0. The molecule has 0 saturated heterocycles. The molecule has 0 aromatic heterocycles. The number of nitrogens with zero attached hydrogens (tertiary/aromatic N) is 2. The lowest BCUT2D eigenvalue weighted by Crippen LogP contribution is -2.44.